The van der Waals surface area contributed by atoms with Crippen LogP contribution in [0, 0.1) is 0 Å². The van der Waals surface area contributed by atoms with E-state index >= 15 is 0 Å². The minimum absolute atomic E-state index is 0. The van der Waals surface area contributed by atoms with Crippen LogP contribution in [0.4, 0.5) is 5.69 Å². The fourth-order valence-electron chi connectivity index (χ4n) is 2.07. The quantitative estimate of drug-likeness (QED) is 0.920. The van der Waals surface area contributed by atoms with Crippen molar-refractivity contribution in [2.24, 2.45) is 5.73 Å². The maximum Gasteiger partial charge on any atom is 0.246 e. The molecule has 0 saturated carbocycles. The summed E-state index contributed by atoms with van der Waals surface area (Å²) < 4.78 is 4.90. The highest BCUT2D eigenvalue weighted by Gasteiger charge is 2.29. The van der Waals surface area contributed by atoms with Crippen molar-refractivity contribution in [1.29, 1.82) is 0 Å². The van der Waals surface area contributed by atoms with Gasteiger partial charge in [-0.2, -0.15) is 0 Å². The van der Waals surface area contributed by atoms with Gasteiger partial charge in [0.25, 0.3) is 0 Å². The van der Waals surface area contributed by atoms with Gasteiger partial charge in [-0.3, -0.25) is 4.79 Å². The molecule has 0 fully saturated rings. The van der Waals surface area contributed by atoms with Crippen molar-refractivity contribution in [3.63, 3.8) is 0 Å². The molecule has 4 nitrogen and oxygen atoms in total. The van der Waals surface area contributed by atoms with Crippen molar-refractivity contribution in [3.8, 4) is 0 Å². The van der Waals surface area contributed by atoms with Gasteiger partial charge in [0.15, 0.2) is 0 Å². The summed E-state index contributed by atoms with van der Waals surface area (Å²) in [5, 5.41) is 0.707. The third-order valence-electron chi connectivity index (χ3n) is 2.90. The molecule has 1 unspecified atom stereocenters. The van der Waals surface area contributed by atoms with Crippen LogP contribution in [-0.4, -0.2) is 32.2 Å². The van der Waals surface area contributed by atoms with E-state index in [0.717, 1.165) is 17.7 Å². The van der Waals surface area contributed by atoms with E-state index in [-0.39, 0.29) is 24.9 Å². The minimum Gasteiger partial charge on any atom is -0.383 e. The third-order valence-corrected chi connectivity index (χ3v) is 3.25. The van der Waals surface area contributed by atoms with Gasteiger partial charge in [0.2, 0.25) is 5.91 Å². The van der Waals surface area contributed by atoms with E-state index in [4.69, 9.17) is 22.1 Å². The molecule has 1 aromatic rings. The van der Waals surface area contributed by atoms with Gasteiger partial charge < -0.3 is 15.4 Å². The monoisotopic (exact) mass is 290 g/mol. The maximum absolute atomic E-state index is 12.1. The van der Waals surface area contributed by atoms with Gasteiger partial charge in [-0.15, -0.1) is 12.4 Å². The summed E-state index contributed by atoms with van der Waals surface area (Å²) in [5.74, 6) is -0.118. The second kappa shape index (κ2) is 6.38. The zero-order chi connectivity index (χ0) is 12.4. The highest BCUT2D eigenvalue weighted by molar-refractivity contribution is 6.32. The number of nitrogens with two attached hydrogens (primary N) is 1. The Kier molecular flexibility index (Phi) is 5.41. The number of anilines is 1. The Morgan fingerprint density at radius 2 is 2.33 bits per heavy atom. The lowest BCUT2D eigenvalue weighted by molar-refractivity contribution is -0.120. The summed E-state index contributed by atoms with van der Waals surface area (Å²) in [6.07, 6.45) is 0.778. The summed E-state index contributed by atoms with van der Waals surface area (Å²) in [4.78, 5) is 13.8. The number of benzene rings is 1. The van der Waals surface area contributed by atoms with E-state index in [1.807, 2.05) is 18.2 Å². The first kappa shape index (κ1) is 15.2. The first-order chi connectivity index (χ1) is 8.15. The summed E-state index contributed by atoms with van der Waals surface area (Å²) in [6.45, 7) is 0.862. The molecule has 100 valence electrons. The van der Waals surface area contributed by atoms with Gasteiger partial charge in [0, 0.05) is 24.4 Å². The van der Waals surface area contributed by atoms with Gasteiger partial charge >= 0.3 is 0 Å². The molecule has 6 heteroatoms. The number of fused-ring (bicyclic) bond motifs is 1. The molecular formula is C12H16Cl2N2O2. The molecule has 2 rings (SSSR count). The number of amides is 1. The summed E-state index contributed by atoms with van der Waals surface area (Å²) in [6, 6.07) is 4.95. The molecule has 2 N–H and O–H groups in total. The molecule has 0 bridgehead atoms. The molecule has 1 aliphatic heterocycles. The smallest absolute Gasteiger partial charge is 0.246 e. The fourth-order valence-corrected chi connectivity index (χ4v) is 2.34. The lowest BCUT2D eigenvalue weighted by atomic mass is 10.2. The number of carbonyl (C=O) groups excluding carboxylic acids is 1. The molecule has 1 amide bonds. The lowest BCUT2D eigenvalue weighted by Crippen LogP contribution is -2.45. The van der Waals surface area contributed by atoms with Crippen molar-refractivity contribution in [2.75, 3.05) is 25.2 Å². The van der Waals surface area contributed by atoms with Crippen molar-refractivity contribution >= 4 is 35.6 Å². The Labute approximate surface area is 117 Å². The second-order valence-corrected chi connectivity index (χ2v) is 4.45. The van der Waals surface area contributed by atoms with Gasteiger partial charge in [-0.25, -0.2) is 0 Å². The van der Waals surface area contributed by atoms with Gasteiger partial charge in [0.05, 0.1) is 6.61 Å². The van der Waals surface area contributed by atoms with E-state index in [9.17, 15) is 4.79 Å². The number of methoxy groups -OCH3 is 1. The van der Waals surface area contributed by atoms with Crippen LogP contribution in [0.5, 0.6) is 0 Å². The molecule has 0 aromatic heterocycles. The number of rotatable bonds is 3. The predicted molar refractivity (Wildman–Crippen MR) is 74.6 cm³/mol. The number of nitrogens with zero attached hydrogens (tertiary/aromatic N) is 1. The average Bonchev–Trinajstić information content (AvgIpc) is 2.73. The first-order valence-corrected chi connectivity index (χ1v) is 5.86. The van der Waals surface area contributed by atoms with Crippen molar-refractivity contribution in [2.45, 2.75) is 12.5 Å². The molecule has 0 aliphatic carbocycles. The van der Waals surface area contributed by atoms with E-state index in [1.165, 1.54) is 7.11 Å². The summed E-state index contributed by atoms with van der Waals surface area (Å²) in [7, 11) is 1.53. The lowest BCUT2D eigenvalue weighted by Gasteiger charge is -2.21. The van der Waals surface area contributed by atoms with Crippen LogP contribution in [0.3, 0.4) is 0 Å². The molecule has 1 atom stereocenters. The van der Waals surface area contributed by atoms with Crippen molar-refractivity contribution in [3.05, 3.63) is 28.8 Å². The maximum atomic E-state index is 12.1. The van der Waals surface area contributed by atoms with E-state index in [2.05, 4.69) is 0 Å². The topological polar surface area (TPSA) is 55.6 Å². The minimum atomic E-state index is -0.620. The molecule has 0 saturated heterocycles. The van der Waals surface area contributed by atoms with Gasteiger partial charge in [-0.1, -0.05) is 17.7 Å². The first-order valence-electron chi connectivity index (χ1n) is 5.48. The summed E-state index contributed by atoms with van der Waals surface area (Å²) in [5.41, 5.74) is 7.64. The van der Waals surface area contributed by atoms with Gasteiger partial charge in [-0.05, 0) is 24.1 Å². The van der Waals surface area contributed by atoms with Crippen LogP contribution in [0.2, 0.25) is 5.02 Å². The zero-order valence-electron chi connectivity index (χ0n) is 10.1. The van der Waals surface area contributed by atoms with Crippen LogP contribution in [0.25, 0.3) is 0 Å². The second-order valence-electron chi connectivity index (χ2n) is 4.04. The molecule has 0 spiro atoms. The Balaban J connectivity index is 0.00000162. The number of carbonyl (C=O) groups is 1. The molecule has 1 heterocycles. The highest BCUT2D eigenvalue weighted by atomic mass is 35.5. The molecule has 0 radical (unpaired) electrons. The normalized spacial score (nSPS) is 14.9. The van der Waals surface area contributed by atoms with Crippen molar-refractivity contribution in [1.82, 2.24) is 0 Å². The van der Waals surface area contributed by atoms with Crippen LogP contribution in [0.1, 0.15) is 5.56 Å². The molecule has 18 heavy (non-hydrogen) atoms. The largest absolute Gasteiger partial charge is 0.383 e. The number of ether oxygens (including phenoxy) is 1. The van der Waals surface area contributed by atoms with Crippen LogP contribution < -0.4 is 10.6 Å². The summed E-state index contributed by atoms with van der Waals surface area (Å²) >= 11 is 6.09. The fraction of sp³-hybridized carbons (Fsp3) is 0.417. The SMILES string of the molecule is COCC(N)C(=O)N1CCc2c(Cl)cccc21.Cl. The molecular weight excluding hydrogens is 275 g/mol. The van der Waals surface area contributed by atoms with Crippen molar-refractivity contribution < 1.29 is 9.53 Å². The Morgan fingerprint density at radius 3 is 3.00 bits per heavy atom. The van der Waals surface area contributed by atoms with E-state index in [1.54, 1.807) is 4.90 Å². The predicted octanol–water partition coefficient (Wildman–Crippen LogP) is 1.62. The number of hydrogen-bond donors (Lipinski definition) is 1. The Bertz CT molecular complexity index is 440. The van der Waals surface area contributed by atoms with Crippen LogP contribution in [-0.2, 0) is 16.0 Å². The van der Waals surface area contributed by atoms with E-state index < -0.39 is 6.04 Å². The molecule has 1 aliphatic rings. The van der Waals surface area contributed by atoms with Crippen LogP contribution >= 0.6 is 24.0 Å². The average molecular weight is 291 g/mol. The molecule has 1 aromatic carbocycles. The Hall–Kier alpha value is -0.810. The van der Waals surface area contributed by atoms with Crippen LogP contribution in [0.15, 0.2) is 18.2 Å². The Morgan fingerprint density at radius 1 is 1.61 bits per heavy atom. The zero-order valence-corrected chi connectivity index (χ0v) is 11.6. The van der Waals surface area contributed by atoms with E-state index in [0.29, 0.717) is 11.6 Å². The number of halogens is 2. The third kappa shape index (κ3) is 2.78. The standard InChI is InChI=1S/C12H15ClN2O2.ClH/c1-17-7-10(14)12(16)15-6-5-8-9(13)3-2-4-11(8)15;/h2-4,10H,5-7,14H2,1H3;1H. The highest BCUT2D eigenvalue weighted by Crippen LogP contribution is 2.33. The number of hydrogen-bond acceptors (Lipinski definition) is 3. The van der Waals surface area contributed by atoms with Gasteiger partial charge in [0.1, 0.15) is 6.04 Å².